The van der Waals surface area contributed by atoms with E-state index in [4.69, 9.17) is 4.74 Å². The molecule has 4 heteroatoms. The summed E-state index contributed by atoms with van der Waals surface area (Å²) in [6.07, 6.45) is 1.58. The highest BCUT2D eigenvalue weighted by Gasteiger charge is 2.34. The molecule has 0 spiro atoms. The van der Waals surface area contributed by atoms with Crippen LogP contribution < -0.4 is 5.32 Å². The third-order valence-corrected chi connectivity index (χ3v) is 3.48. The maximum absolute atomic E-state index is 11.4. The first kappa shape index (κ1) is 13.5. The summed E-state index contributed by atoms with van der Waals surface area (Å²) in [5.74, 6) is -0.122. The van der Waals surface area contributed by atoms with E-state index < -0.39 is 0 Å². The van der Waals surface area contributed by atoms with E-state index in [9.17, 15) is 4.79 Å². The third kappa shape index (κ3) is 3.19. The van der Waals surface area contributed by atoms with Gasteiger partial charge in [0.1, 0.15) is 0 Å². The van der Waals surface area contributed by atoms with E-state index in [-0.39, 0.29) is 17.6 Å². The van der Waals surface area contributed by atoms with Crippen molar-refractivity contribution in [2.75, 3.05) is 26.7 Å². The van der Waals surface area contributed by atoms with Crippen LogP contribution in [0.5, 0.6) is 0 Å². The van der Waals surface area contributed by atoms with E-state index in [1.54, 1.807) is 0 Å². The number of nitrogens with zero attached hydrogens (tertiary/aromatic N) is 1. The lowest BCUT2D eigenvalue weighted by Gasteiger charge is -2.40. The summed E-state index contributed by atoms with van der Waals surface area (Å²) < 4.78 is 4.76. The monoisotopic (exact) mass is 228 g/mol. The summed E-state index contributed by atoms with van der Waals surface area (Å²) in [5, 5.41) is 3.40. The van der Waals surface area contributed by atoms with E-state index >= 15 is 0 Å². The second-order valence-corrected chi connectivity index (χ2v) is 4.99. The maximum Gasteiger partial charge on any atom is 0.307 e. The Morgan fingerprint density at radius 1 is 1.56 bits per heavy atom. The largest absolute Gasteiger partial charge is 0.469 e. The first-order chi connectivity index (χ1) is 7.51. The topological polar surface area (TPSA) is 41.6 Å². The molecule has 0 aromatic carbocycles. The number of esters is 1. The van der Waals surface area contributed by atoms with Crippen LogP contribution >= 0.6 is 0 Å². The average Bonchev–Trinajstić information content (AvgIpc) is 2.36. The lowest BCUT2D eigenvalue weighted by molar-refractivity contribution is -0.142. The van der Waals surface area contributed by atoms with Crippen LogP contribution in [0.4, 0.5) is 0 Å². The smallest absolute Gasteiger partial charge is 0.307 e. The minimum absolute atomic E-state index is 0.122. The van der Waals surface area contributed by atoms with Crippen molar-refractivity contribution in [3.05, 3.63) is 0 Å². The highest BCUT2D eigenvalue weighted by atomic mass is 16.5. The zero-order valence-corrected chi connectivity index (χ0v) is 10.9. The number of methoxy groups -OCH3 is 1. The molecule has 1 heterocycles. The molecule has 0 aromatic rings. The van der Waals surface area contributed by atoms with Gasteiger partial charge in [-0.3, -0.25) is 9.69 Å². The van der Waals surface area contributed by atoms with Crippen molar-refractivity contribution in [3.63, 3.8) is 0 Å². The molecular weight excluding hydrogens is 204 g/mol. The van der Waals surface area contributed by atoms with Gasteiger partial charge in [-0.15, -0.1) is 0 Å². The normalized spacial score (nSPS) is 26.1. The summed E-state index contributed by atoms with van der Waals surface area (Å²) in [6.45, 7) is 9.49. The molecule has 0 aliphatic carbocycles. The zero-order valence-electron chi connectivity index (χ0n) is 10.9. The fourth-order valence-corrected chi connectivity index (χ4v) is 2.56. The Morgan fingerprint density at radius 2 is 2.25 bits per heavy atom. The molecule has 1 saturated heterocycles. The van der Waals surface area contributed by atoms with E-state index in [0.717, 1.165) is 26.1 Å². The van der Waals surface area contributed by atoms with E-state index in [0.29, 0.717) is 6.42 Å². The molecule has 0 amide bonds. The fraction of sp³-hybridized carbons (Fsp3) is 0.917. The minimum Gasteiger partial charge on any atom is -0.469 e. The van der Waals surface area contributed by atoms with Crippen LogP contribution in [-0.4, -0.2) is 49.2 Å². The number of hydrogen-bond donors (Lipinski definition) is 1. The molecule has 16 heavy (non-hydrogen) atoms. The van der Waals surface area contributed by atoms with Crippen LogP contribution in [0.2, 0.25) is 0 Å². The summed E-state index contributed by atoms with van der Waals surface area (Å²) in [5.41, 5.74) is 0.150. The van der Waals surface area contributed by atoms with Crippen molar-refractivity contribution in [3.8, 4) is 0 Å². The Bertz CT molecular complexity index is 241. The molecule has 0 radical (unpaired) electrons. The molecule has 94 valence electrons. The van der Waals surface area contributed by atoms with Gasteiger partial charge in [-0.1, -0.05) is 6.92 Å². The highest BCUT2D eigenvalue weighted by Crippen LogP contribution is 2.24. The summed E-state index contributed by atoms with van der Waals surface area (Å²) in [6, 6.07) is 0.245. The molecule has 1 rings (SSSR count). The van der Waals surface area contributed by atoms with Crippen LogP contribution in [-0.2, 0) is 9.53 Å². The molecule has 1 fully saturated rings. The van der Waals surface area contributed by atoms with E-state index in [2.05, 4.69) is 31.0 Å². The molecule has 1 N–H and O–H groups in total. The van der Waals surface area contributed by atoms with Crippen molar-refractivity contribution in [1.82, 2.24) is 10.2 Å². The van der Waals surface area contributed by atoms with Gasteiger partial charge >= 0.3 is 5.97 Å². The van der Waals surface area contributed by atoms with Crippen LogP contribution in [0.3, 0.4) is 0 Å². The molecule has 1 unspecified atom stereocenters. The number of ether oxygens (including phenoxy) is 1. The third-order valence-electron chi connectivity index (χ3n) is 3.48. The van der Waals surface area contributed by atoms with Crippen LogP contribution in [0.1, 0.15) is 33.6 Å². The van der Waals surface area contributed by atoms with Crippen molar-refractivity contribution in [2.24, 2.45) is 0 Å². The standard InChI is InChI=1S/C12H24N2O2/c1-5-14-10(8-11(15)16-4)9-13-7-6-12(14,2)3/h10,13H,5-9H2,1-4H3. The van der Waals surface area contributed by atoms with Crippen molar-refractivity contribution in [1.29, 1.82) is 0 Å². The molecule has 1 atom stereocenters. The van der Waals surface area contributed by atoms with Gasteiger partial charge in [0.15, 0.2) is 0 Å². The zero-order chi connectivity index (χ0) is 12.2. The predicted octanol–water partition coefficient (Wildman–Crippen LogP) is 1.01. The molecular formula is C12H24N2O2. The second kappa shape index (κ2) is 5.64. The molecule has 0 saturated carbocycles. The number of hydrogen-bond acceptors (Lipinski definition) is 4. The molecule has 0 bridgehead atoms. The number of carbonyl (C=O) groups excluding carboxylic acids is 1. The Labute approximate surface area is 98.3 Å². The van der Waals surface area contributed by atoms with Crippen molar-refractivity contribution >= 4 is 5.97 Å². The molecule has 1 aliphatic rings. The first-order valence-corrected chi connectivity index (χ1v) is 6.05. The van der Waals surface area contributed by atoms with Gasteiger partial charge in [-0.05, 0) is 33.4 Å². The number of carbonyl (C=O) groups is 1. The Balaban J connectivity index is 2.74. The Hall–Kier alpha value is -0.610. The highest BCUT2D eigenvalue weighted by molar-refractivity contribution is 5.70. The lowest BCUT2D eigenvalue weighted by Crippen LogP contribution is -2.51. The SMILES string of the molecule is CCN1C(CC(=O)OC)CNCCC1(C)C. The van der Waals surface area contributed by atoms with Crippen molar-refractivity contribution < 1.29 is 9.53 Å². The summed E-state index contributed by atoms with van der Waals surface area (Å²) >= 11 is 0. The number of likely N-dealkylation sites (N-methyl/N-ethyl adjacent to an activating group) is 1. The van der Waals surface area contributed by atoms with Gasteiger partial charge in [-0.25, -0.2) is 0 Å². The number of rotatable bonds is 3. The van der Waals surface area contributed by atoms with Gasteiger partial charge < -0.3 is 10.1 Å². The van der Waals surface area contributed by atoms with Gasteiger partial charge in [0.2, 0.25) is 0 Å². The molecule has 0 aromatic heterocycles. The van der Waals surface area contributed by atoms with Crippen LogP contribution in [0.25, 0.3) is 0 Å². The van der Waals surface area contributed by atoms with E-state index in [1.165, 1.54) is 7.11 Å². The van der Waals surface area contributed by atoms with Crippen LogP contribution in [0.15, 0.2) is 0 Å². The first-order valence-electron chi connectivity index (χ1n) is 6.05. The number of nitrogens with one attached hydrogen (secondary N) is 1. The predicted molar refractivity (Wildman–Crippen MR) is 64.4 cm³/mol. The minimum atomic E-state index is -0.122. The average molecular weight is 228 g/mol. The second-order valence-electron chi connectivity index (χ2n) is 4.99. The summed E-state index contributed by atoms with van der Waals surface area (Å²) in [7, 11) is 1.45. The Kier molecular flexibility index (Phi) is 4.74. The quantitative estimate of drug-likeness (QED) is 0.732. The van der Waals surface area contributed by atoms with Gasteiger partial charge in [-0.2, -0.15) is 0 Å². The van der Waals surface area contributed by atoms with Gasteiger partial charge in [0.05, 0.1) is 13.5 Å². The molecule has 4 nitrogen and oxygen atoms in total. The summed E-state index contributed by atoms with van der Waals surface area (Å²) in [4.78, 5) is 13.8. The van der Waals surface area contributed by atoms with Crippen molar-refractivity contribution in [2.45, 2.75) is 45.2 Å². The Morgan fingerprint density at radius 3 is 2.81 bits per heavy atom. The van der Waals surface area contributed by atoms with Crippen LogP contribution in [0, 0.1) is 0 Å². The van der Waals surface area contributed by atoms with Gasteiger partial charge in [0.25, 0.3) is 0 Å². The fourth-order valence-electron chi connectivity index (χ4n) is 2.56. The molecule has 1 aliphatic heterocycles. The van der Waals surface area contributed by atoms with E-state index in [1.807, 2.05) is 0 Å². The van der Waals surface area contributed by atoms with Gasteiger partial charge in [0, 0.05) is 18.1 Å². The lowest BCUT2D eigenvalue weighted by atomic mass is 9.96. The maximum atomic E-state index is 11.4.